The minimum atomic E-state index is -4.56. The van der Waals surface area contributed by atoms with Crippen LogP contribution in [0.1, 0.15) is 17.2 Å². The molecule has 0 fully saturated rings. The summed E-state index contributed by atoms with van der Waals surface area (Å²) in [5.41, 5.74) is 5.76. The molecular formula is C15H14F4N2. The highest BCUT2D eigenvalue weighted by molar-refractivity contribution is 5.47. The van der Waals surface area contributed by atoms with Gasteiger partial charge in [-0.25, -0.2) is 4.39 Å². The van der Waals surface area contributed by atoms with Gasteiger partial charge >= 0.3 is 6.18 Å². The highest BCUT2D eigenvalue weighted by atomic mass is 19.4. The molecule has 2 aromatic carbocycles. The van der Waals surface area contributed by atoms with E-state index < -0.39 is 17.6 Å². The van der Waals surface area contributed by atoms with Crippen LogP contribution in [0.25, 0.3) is 0 Å². The topological polar surface area (TPSA) is 38.0 Å². The van der Waals surface area contributed by atoms with Crippen LogP contribution in [0.2, 0.25) is 0 Å². The zero-order chi connectivity index (χ0) is 15.5. The summed E-state index contributed by atoms with van der Waals surface area (Å²) < 4.78 is 50.9. The number of nitrogens with two attached hydrogens (primary N) is 1. The Kier molecular flexibility index (Phi) is 4.47. The fourth-order valence-corrected chi connectivity index (χ4v) is 1.87. The van der Waals surface area contributed by atoms with Crippen molar-refractivity contribution in [3.05, 3.63) is 65.5 Å². The van der Waals surface area contributed by atoms with Crippen LogP contribution in [0.15, 0.2) is 48.5 Å². The molecule has 6 heteroatoms. The molecule has 0 aromatic heterocycles. The van der Waals surface area contributed by atoms with Crippen LogP contribution in [0.5, 0.6) is 0 Å². The normalized spacial score (nSPS) is 13.0. The van der Waals surface area contributed by atoms with E-state index in [1.54, 1.807) is 0 Å². The lowest BCUT2D eigenvalue weighted by Gasteiger charge is -2.15. The van der Waals surface area contributed by atoms with E-state index in [1.165, 1.54) is 0 Å². The van der Waals surface area contributed by atoms with Crippen LogP contribution in [-0.2, 0) is 6.18 Å². The van der Waals surface area contributed by atoms with Crippen molar-refractivity contribution in [3.63, 3.8) is 0 Å². The first-order valence-electron chi connectivity index (χ1n) is 6.29. The van der Waals surface area contributed by atoms with E-state index >= 15 is 0 Å². The molecule has 0 saturated heterocycles. The predicted octanol–water partition coefficient (Wildman–Crippen LogP) is 3.96. The Morgan fingerprint density at radius 1 is 1.05 bits per heavy atom. The average Bonchev–Trinajstić information content (AvgIpc) is 2.45. The summed E-state index contributed by atoms with van der Waals surface area (Å²) in [5.74, 6) is -0.954. The van der Waals surface area contributed by atoms with E-state index in [1.807, 2.05) is 30.3 Å². The van der Waals surface area contributed by atoms with Crippen LogP contribution in [0.4, 0.5) is 23.2 Å². The fraction of sp³-hybridized carbons (Fsp3) is 0.200. The summed E-state index contributed by atoms with van der Waals surface area (Å²) in [6.45, 7) is 0.215. The molecule has 0 bridgehead atoms. The van der Waals surface area contributed by atoms with Crippen LogP contribution in [-0.4, -0.2) is 6.54 Å². The molecule has 0 saturated carbocycles. The molecule has 2 aromatic rings. The molecule has 1 unspecified atom stereocenters. The number of benzene rings is 2. The molecule has 112 valence electrons. The summed E-state index contributed by atoms with van der Waals surface area (Å²) in [4.78, 5) is 0. The van der Waals surface area contributed by atoms with Gasteiger partial charge in [-0.15, -0.1) is 0 Å². The largest absolute Gasteiger partial charge is 0.416 e. The first-order valence-corrected chi connectivity index (χ1v) is 6.29. The van der Waals surface area contributed by atoms with Gasteiger partial charge in [0.05, 0.1) is 11.3 Å². The number of anilines is 1. The molecule has 0 aliphatic heterocycles. The number of halogens is 4. The highest BCUT2D eigenvalue weighted by Crippen LogP contribution is 2.31. The van der Waals surface area contributed by atoms with E-state index in [4.69, 9.17) is 5.73 Å². The SMILES string of the molecule is NC(CNc1ccc(C(F)(F)F)cc1F)c1ccccc1. The van der Waals surface area contributed by atoms with Crippen LogP contribution >= 0.6 is 0 Å². The van der Waals surface area contributed by atoms with E-state index in [-0.39, 0.29) is 18.3 Å². The van der Waals surface area contributed by atoms with Crippen molar-refractivity contribution >= 4 is 5.69 Å². The maximum Gasteiger partial charge on any atom is 0.416 e. The van der Waals surface area contributed by atoms with E-state index in [2.05, 4.69) is 5.32 Å². The van der Waals surface area contributed by atoms with Crippen molar-refractivity contribution in [2.24, 2.45) is 5.73 Å². The minimum absolute atomic E-state index is 0.00520. The lowest BCUT2D eigenvalue weighted by Crippen LogP contribution is -2.21. The summed E-state index contributed by atoms with van der Waals surface area (Å²) in [5, 5.41) is 2.72. The second-order valence-electron chi connectivity index (χ2n) is 4.59. The van der Waals surface area contributed by atoms with E-state index in [0.717, 1.165) is 17.7 Å². The lowest BCUT2D eigenvalue weighted by molar-refractivity contribution is -0.137. The van der Waals surface area contributed by atoms with Gasteiger partial charge in [0.25, 0.3) is 0 Å². The van der Waals surface area contributed by atoms with Crippen molar-refractivity contribution in [2.45, 2.75) is 12.2 Å². The zero-order valence-corrected chi connectivity index (χ0v) is 11.0. The zero-order valence-electron chi connectivity index (χ0n) is 11.0. The molecule has 0 amide bonds. The first-order chi connectivity index (χ1) is 9.88. The van der Waals surface area contributed by atoms with Gasteiger partial charge in [-0.3, -0.25) is 0 Å². The number of nitrogens with one attached hydrogen (secondary N) is 1. The van der Waals surface area contributed by atoms with Crippen molar-refractivity contribution in [3.8, 4) is 0 Å². The standard InChI is InChI=1S/C15H14F4N2/c16-12-8-11(15(17,18)19)6-7-14(12)21-9-13(20)10-4-2-1-3-5-10/h1-8,13,21H,9,20H2. The Morgan fingerprint density at radius 2 is 1.71 bits per heavy atom. The van der Waals surface area contributed by atoms with Crippen LogP contribution < -0.4 is 11.1 Å². The van der Waals surface area contributed by atoms with Crippen molar-refractivity contribution in [1.82, 2.24) is 0 Å². The maximum absolute atomic E-state index is 13.6. The van der Waals surface area contributed by atoms with Crippen LogP contribution in [0, 0.1) is 5.82 Å². The van der Waals surface area contributed by atoms with Gasteiger partial charge in [-0.1, -0.05) is 30.3 Å². The lowest BCUT2D eigenvalue weighted by atomic mass is 10.1. The maximum atomic E-state index is 13.6. The molecule has 1 atom stereocenters. The van der Waals surface area contributed by atoms with Gasteiger partial charge in [0.2, 0.25) is 0 Å². The van der Waals surface area contributed by atoms with Crippen molar-refractivity contribution < 1.29 is 17.6 Å². The predicted molar refractivity (Wildman–Crippen MR) is 73.3 cm³/mol. The molecule has 0 aliphatic carbocycles. The minimum Gasteiger partial charge on any atom is -0.381 e. The third-order valence-electron chi connectivity index (χ3n) is 3.04. The Bertz CT molecular complexity index is 596. The number of rotatable bonds is 4. The monoisotopic (exact) mass is 298 g/mol. The Labute approximate surface area is 119 Å². The fourth-order valence-electron chi connectivity index (χ4n) is 1.87. The summed E-state index contributed by atoms with van der Waals surface area (Å²) >= 11 is 0. The third-order valence-corrected chi connectivity index (χ3v) is 3.04. The van der Waals surface area contributed by atoms with E-state index in [0.29, 0.717) is 6.07 Å². The Hall–Kier alpha value is -2.08. The smallest absolute Gasteiger partial charge is 0.381 e. The van der Waals surface area contributed by atoms with Crippen molar-refractivity contribution in [1.29, 1.82) is 0 Å². The van der Waals surface area contributed by atoms with Crippen LogP contribution in [0.3, 0.4) is 0 Å². The second kappa shape index (κ2) is 6.13. The molecule has 0 heterocycles. The van der Waals surface area contributed by atoms with Gasteiger partial charge in [0.1, 0.15) is 5.82 Å². The number of hydrogen-bond donors (Lipinski definition) is 2. The number of hydrogen-bond acceptors (Lipinski definition) is 2. The van der Waals surface area contributed by atoms with Gasteiger partial charge in [-0.05, 0) is 23.8 Å². The molecule has 0 aliphatic rings. The third kappa shape index (κ3) is 3.95. The molecule has 2 nitrogen and oxygen atoms in total. The summed E-state index contributed by atoms with van der Waals surface area (Å²) in [6.07, 6.45) is -4.56. The quantitative estimate of drug-likeness (QED) is 0.839. The second-order valence-corrected chi connectivity index (χ2v) is 4.59. The van der Waals surface area contributed by atoms with E-state index in [9.17, 15) is 17.6 Å². The van der Waals surface area contributed by atoms with Crippen molar-refractivity contribution in [2.75, 3.05) is 11.9 Å². The first kappa shape index (κ1) is 15.3. The Balaban J connectivity index is 2.04. The molecule has 3 N–H and O–H groups in total. The van der Waals surface area contributed by atoms with Gasteiger partial charge in [0.15, 0.2) is 0 Å². The highest BCUT2D eigenvalue weighted by Gasteiger charge is 2.31. The average molecular weight is 298 g/mol. The van der Waals surface area contributed by atoms with Gasteiger partial charge in [-0.2, -0.15) is 13.2 Å². The molecular weight excluding hydrogens is 284 g/mol. The summed E-state index contributed by atoms with van der Waals surface area (Å²) in [7, 11) is 0. The van der Waals surface area contributed by atoms with Gasteiger partial charge < -0.3 is 11.1 Å². The molecule has 2 rings (SSSR count). The molecule has 21 heavy (non-hydrogen) atoms. The molecule has 0 spiro atoms. The van der Waals surface area contributed by atoms with Gasteiger partial charge in [0, 0.05) is 12.6 Å². The summed E-state index contributed by atoms with van der Waals surface area (Å²) in [6, 6.07) is 11.1. The molecule has 0 radical (unpaired) electrons. The Morgan fingerprint density at radius 3 is 2.29 bits per heavy atom. The number of alkyl halides is 3.